The molecule has 8 heteroatoms. The number of piperazine rings is 1. The van der Waals surface area contributed by atoms with Crippen molar-refractivity contribution in [3.63, 3.8) is 0 Å². The number of carbonyl (C=O) groups is 1. The van der Waals surface area contributed by atoms with Gasteiger partial charge in [-0.25, -0.2) is 8.42 Å². The number of piperidine rings is 1. The van der Waals surface area contributed by atoms with Crippen LogP contribution >= 0.6 is 0 Å². The monoisotopic (exact) mass is 377 g/mol. The fourth-order valence-corrected chi connectivity index (χ4v) is 5.03. The maximum atomic E-state index is 12.7. The molecule has 7 nitrogen and oxygen atoms in total. The van der Waals surface area contributed by atoms with Crippen LogP contribution in [0.25, 0.3) is 0 Å². The van der Waals surface area contributed by atoms with Crippen molar-refractivity contribution in [1.29, 1.82) is 5.26 Å². The molecule has 0 aliphatic carbocycles. The van der Waals surface area contributed by atoms with Crippen LogP contribution in [0.2, 0.25) is 0 Å². The Morgan fingerprint density at radius 2 is 1.69 bits per heavy atom. The highest BCUT2D eigenvalue weighted by molar-refractivity contribution is 7.89. The van der Waals surface area contributed by atoms with E-state index in [9.17, 15) is 13.2 Å². The third-order valence-electron chi connectivity index (χ3n) is 5.35. The number of rotatable bonds is 3. The van der Waals surface area contributed by atoms with Crippen LogP contribution in [-0.2, 0) is 14.8 Å². The molecule has 1 aromatic rings. The van der Waals surface area contributed by atoms with Gasteiger partial charge < -0.3 is 9.80 Å². The minimum Gasteiger partial charge on any atom is -0.334 e. The minimum absolute atomic E-state index is 0.0826. The Hall–Kier alpha value is -1.95. The fraction of sp³-hybridized carbons (Fsp3) is 0.556. The molecule has 0 aromatic heterocycles. The number of benzene rings is 1. The molecule has 2 heterocycles. The summed E-state index contributed by atoms with van der Waals surface area (Å²) in [5.74, 6) is 0.0914. The van der Waals surface area contributed by atoms with Crippen molar-refractivity contribution in [3.8, 4) is 6.07 Å². The number of nitriles is 1. The van der Waals surface area contributed by atoms with E-state index in [4.69, 9.17) is 5.26 Å². The van der Waals surface area contributed by atoms with Gasteiger partial charge in [-0.15, -0.1) is 0 Å². The summed E-state index contributed by atoms with van der Waals surface area (Å²) in [5, 5.41) is 8.84. The predicted molar refractivity (Wildman–Crippen MR) is 95.8 cm³/mol. The Balaban J connectivity index is 1.60. The first-order valence-electron chi connectivity index (χ1n) is 9.02. The number of carbonyl (C=O) groups excluding carboxylic acids is 1. The average molecular weight is 377 g/mol. The molecule has 1 N–H and O–H groups in total. The Labute approximate surface area is 154 Å². The zero-order valence-corrected chi connectivity index (χ0v) is 15.8. The van der Waals surface area contributed by atoms with Crippen molar-refractivity contribution in [2.24, 2.45) is 5.92 Å². The number of amides is 1. The molecule has 0 radical (unpaired) electrons. The SMILES string of the molecule is C[NH+]1CCN(C(=O)C2CCN(S(=O)(=O)c3ccc(C#N)cc3)CC2)CC1. The van der Waals surface area contributed by atoms with Crippen molar-refractivity contribution in [2.45, 2.75) is 17.7 Å². The average Bonchev–Trinajstić information content (AvgIpc) is 2.68. The molecule has 1 aromatic carbocycles. The molecule has 0 spiro atoms. The van der Waals surface area contributed by atoms with Crippen LogP contribution in [0.3, 0.4) is 0 Å². The second-order valence-corrected chi connectivity index (χ2v) is 9.03. The van der Waals surface area contributed by atoms with Gasteiger partial charge in [0.15, 0.2) is 0 Å². The zero-order valence-electron chi connectivity index (χ0n) is 15.0. The summed E-state index contributed by atoms with van der Waals surface area (Å²) in [5.41, 5.74) is 0.433. The summed E-state index contributed by atoms with van der Waals surface area (Å²) in [6, 6.07) is 7.95. The number of nitrogens with one attached hydrogen (secondary N) is 1. The van der Waals surface area contributed by atoms with E-state index in [0.29, 0.717) is 31.5 Å². The van der Waals surface area contributed by atoms with Gasteiger partial charge >= 0.3 is 0 Å². The largest absolute Gasteiger partial charge is 0.334 e. The van der Waals surface area contributed by atoms with Gasteiger partial charge in [0.1, 0.15) is 0 Å². The molecule has 0 unspecified atom stereocenters. The topological polar surface area (TPSA) is 85.9 Å². The van der Waals surface area contributed by atoms with Crippen LogP contribution in [-0.4, -0.2) is 69.8 Å². The first-order valence-corrected chi connectivity index (χ1v) is 10.5. The molecule has 1 amide bonds. The van der Waals surface area contributed by atoms with Crippen molar-refractivity contribution < 1.29 is 18.1 Å². The highest BCUT2D eigenvalue weighted by atomic mass is 32.2. The van der Waals surface area contributed by atoms with E-state index in [2.05, 4.69) is 7.05 Å². The normalized spacial score (nSPS) is 20.7. The van der Waals surface area contributed by atoms with E-state index in [1.165, 1.54) is 33.5 Å². The standard InChI is InChI=1S/C18H24N4O3S/c1-20-10-12-21(13-11-20)18(23)16-6-8-22(9-7-16)26(24,25)17-4-2-15(14-19)3-5-17/h2-5,16H,6-13H2,1H3/p+1. The van der Waals surface area contributed by atoms with Gasteiger partial charge in [0, 0.05) is 19.0 Å². The van der Waals surface area contributed by atoms with Crippen LogP contribution in [0.15, 0.2) is 29.2 Å². The van der Waals surface area contributed by atoms with E-state index in [1.807, 2.05) is 11.0 Å². The summed E-state index contributed by atoms with van der Waals surface area (Å²) >= 11 is 0. The number of quaternary nitrogens is 1. The highest BCUT2D eigenvalue weighted by Crippen LogP contribution is 2.25. The van der Waals surface area contributed by atoms with Gasteiger partial charge in [0.2, 0.25) is 15.9 Å². The lowest BCUT2D eigenvalue weighted by molar-refractivity contribution is -0.883. The Morgan fingerprint density at radius 1 is 1.12 bits per heavy atom. The van der Waals surface area contributed by atoms with E-state index in [1.54, 1.807) is 0 Å². The second-order valence-electron chi connectivity index (χ2n) is 7.10. The Kier molecular flexibility index (Phi) is 5.61. The Bertz CT molecular complexity index is 785. The molecule has 0 saturated carbocycles. The van der Waals surface area contributed by atoms with Gasteiger partial charge in [-0.1, -0.05) is 0 Å². The first kappa shape index (κ1) is 18.8. The zero-order chi connectivity index (χ0) is 18.7. The van der Waals surface area contributed by atoms with Crippen molar-refractivity contribution in [1.82, 2.24) is 9.21 Å². The maximum Gasteiger partial charge on any atom is 0.243 e. The lowest BCUT2D eigenvalue weighted by Crippen LogP contribution is -3.12. The minimum atomic E-state index is -3.57. The molecule has 2 fully saturated rings. The Morgan fingerprint density at radius 3 is 2.23 bits per heavy atom. The predicted octanol–water partition coefficient (Wildman–Crippen LogP) is -0.684. The molecule has 140 valence electrons. The number of hydrogen-bond donors (Lipinski definition) is 1. The van der Waals surface area contributed by atoms with E-state index < -0.39 is 10.0 Å². The van der Waals surface area contributed by atoms with Gasteiger partial charge in [0.05, 0.1) is 49.8 Å². The van der Waals surface area contributed by atoms with Gasteiger partial charge in [-0.3, -0.25) is 4.79 Å². The number of sulfonamides is 1. The summed E-state index contributed by atoms with van der Waals surface area (Å²) in [6.45, 7) is 4.23. The van der Waals surface area contributed by atoms with Gasteiger partial charge in [-0.05, 0) is 37.1 Å². The van der Waals surface area contributed by atoms with Crippen molar-refractivity contribution in [3.05, 3.63) is 29.8 Å². The van der Waals surface area contributed by atoms with E-state index in [-0.39, 0.29) is 16.7 Å². The third-order valence-corrected chi connectivity index (χ3v) is 7.27. The quantitative estimate of drug-likeness (QED) is 0.756. The fourth-order valence-electron chi connectivity index (χ4n) is 3.56. The summed E-state index contributed by atoms with van der Waals surface area (Å²) in [7, 11) is -1.44. The van der Waals surface area contributed by atoms with Crippen molar-refractivity contribution >= 4 is 15.9 Å². The molecule has 2 aliphatic rings. The molecule has 2 saturated heterocycles. The van der Waals surface area contributed by atoms with Crippen molar-refractivity contribution in [2.75, 3.05) is 46.3 Å². The van der Waals surface area contributed by atoms with Crippen LogP contribution in [0.1, 0.15) is 18.4 Å². The van der Waals surface area contributed by atoms with Crippen LogP contribution in [0, 0.1) is 17.2 Å². The molecule has 0 atom stereocenters. The smallest absolute Gasteiger partial charge is 0.243 e. The second kappa shape index (κ2) is 7.74. The molecule has 2 aliphatic heterocycles. The van der Waals surface area contributed by atoms with E-state index >= 15 is 0 Å². The van der Waals surface area contributed by atoms with Crippen LogP contribution < -0.4 is 4.90 Å². The lowest BCUT2D eigenvalue weighted by atomic mass is 9.96. The summed E-state index contributed by atoms with van der Waals surface area (Å²) in [6.07, 6.45) is 1.13. The molecule has 26 heavy (non-hydrogen) atoms. The molecule has 0 bridgehead atoms. The third kappa shape index (κ3) is 3.90. The molecular weight excluding hydrogens is 352 g/mol. The number of hydrogen-bond acceptors (Lipinski definition) is 4. The van der Waals surface area contributed by atoms with Gasteiger partial charge in [-0.2, -0.15) is 9.57 Å². The van der Waals surface area contributed by atoms with E-state index in [0.717, 1.165) is 26.2 Å². The van der Waals surface area contributed by atoms with Crippen LogP contribution in [0.5, 0.6) is 0 Å². The number of nitrogens with zero attached hydrogens (tertiary/aromatic N) is 3. The maximum absolute atomic E-state index is 12.7. The lowest BCUT2D eigenvalue weighted by Gasteiger charge is -2.36. The van der Waals surface area contributed by atoms with Crippen LogP contribution in [0.4, 0.5) is 0 Å². The number of likely N-dealkylation sites (N-methyl/N-ethyl adjacent to an activating group) is 1. The highest BCUT2D eigenvalue weighted by Gasteiger charge is 2.34. The first-order chi connectivity index (χ1) is 12.4. The summed E-state index contributed by atoms with van der Waals surface area (Å²) < 4.78 is 26.9. The molecule has 3 rings (SSSR count). The summed E-state index contributed by atoms with van der Waals surface area (Å²) in [4.78, 5) is 16.2. The van der Waals surface area contributed by atoms with Gasteiger partial charge in [0.25, 0.3) is 0 Å². The molecular formula is C18H25N4O3S+.